The fraction of sp³-hybridized carbons (Fsp3) is 0.345. The van der Waals surface area contributed by atoms with Gasteiger partial charge in [0.2, 0.25) is 0 Å². The molecule has 1 fully saturated rings. The lowest BCUT2D eigenvalue weighted by molar-refractivity contribution is -0.216. The number of rotatable bonds is 6. The van der Waals surface area contributed by atoms with Crippen molar-refractivity contribution in [1.29, 1.82) is 0 Å². The van der Waals surface area contributed by atoms with Crippen LogP contribution in [0.1, 0.15) is 44.4 Å². The summed E-state index contributed by atoms with van der Waals surface area (Å²) in [7, 11) is 2.83. The average molecular weight is 493 g/mol. The molecule has 7 heteroatoms. The molecule has 0 amide bonds. The summed E-state index contributed by atoms with van der Waals surface area (Å²) in [4.78, 5) is 12.3. The average Bonchev–Trinajstić information content (AvgIpc) is 3.08. The molecule has 0 N–H and O–H groups in total. The first-order valence-electron chi connectivity index (χ1n) is 11.7. The fourth-order valence-electron chi connectivity index (χ4n) is 4.16. The highest BCUT2D eigenvalue weighted by Gasteiger charge is 2.60. The van der Waals surface area contributed by atoms with Crippen LogP contribution in [0.3, 0.4) is 0 Å². The van der Waals surface area contributed by atoms with Crippen LogP contribution in [0.2, 0.25) is 0 Å². The Kier molecular flexibility index (Phi) is 7.24. The number of benzene rings is 2. The monoisotopic (exact) mass is 492 g/mol. The molecule has 2 aliphatic rings. The molecule has 190 valence electrons. The van der Waals surface area contributed by atoms with E-state index in [9.17, 15) is 4.79 Å². The van der Waals surface area contributed by atoms with Crippen molar-refractivity contribution in [2.45, 2.75) is 45.4 Å². The topological polar surface area (TPSA) is 72.5 Å². The van der Waals surface area contributed by atoms with Gasteiger partial charge >= 0.3 is 5.97 Å². The molecule has 0 saturated carbocycles. The number of methoxy groups -OCH3 is 2. The number of allylic oxidation sites excluding steroid dienone is 1. The molecule has 4 rings (SSSR count). The van der Waals surface area contributed by atoms with Gasteiger partial charge in [-0.15, -0.1) is 0 Å². The highest BCUT2D eigenvalue weighted by molar-refractivity contribution is 6.17. The van der Waals surface area contributed by atoms with Crippen LogP contribution in [0.25, 0.3) is 17.7 Å². The standard InChI is InChI=1S/C29H32O7/c1-19(2)15-26-35-28(3,4)29(36-26)18-33-24-14-12-20(16-25(24)34-29)11-13-21-9-7-8-10-22(21)23(17-31-5)27(30)32-6/h7-17,26H,18H2,1-6H3/b13-11+,23-17+/t26-,29+/m1/s1. The maximum Gasteiger partial charge on any atom is 0.341 e. The highest BCUT2D eigenvalue weighted by atomic mass is 16.8. The molecule has 2 heterocycles. The molecule has 0 bridgehead atoms. The quantitative estimate of drug-likeness (QED) is 0.171. The van der Waals surface area contributed by atoms with Gasteiger partial charge in [-0.05, 0) is 62.6 Å². The minimum absolute atomic E-state index is 0.213. The van der Waals surface area contributed by atoms with E-state index in [-0.39, 0.29) is 6.61 Å². The molecule has 0 aromatic heterocycles. The van der Waals surface area contributed by atoms with Gasteiger partial charge in [-0.3, -0.25) is 0 Å². The first-order valence-corrected chi connectivity index (χ1v) is 11.7. The second kappa shape index (κ2) is 10.2. The van der Waals surface area contributed by atoms with Crippen LogP contribution in [-0.4, -0.2) is 44.5 Å². The van der Waals surface area contributed by atoms with E-state index in [4.69, 9.17) is 28.4 Å². The summed E-state index contributed by atoms with van der Waals surface area (Å²) in [6.45, 7) is 8.08. The molecule has 36 heavy (non-hydrogen) atoms. The van der Waals surface area contributed by atoms with Crippen molar-refractivity contribution >= 4 is 23.7 Å². The van der Waals surface area contributed by atoms with Gasteiger partial charge < -0.3 is 28.4 Å². The predicted octanol–water partition coefficient (Wildman–Crippen LogP) is 5.60. The molecule has 2 atom stereocenters. The highest BCUT2D eigenvalue weighted by Crippen LogP contribution is 2.47. The SMILES string of the molecule is CO/C=C(/C(=O)OC)c1ccccc1/C=C/c1ccc2c(c1)O[C@@]1(CO2)O[C@H](C=C(C)C)OC1(C)C. The van der Waals surface area contributed by atoms with E-state index in [1.807, 2.05) is 88.4 Å². The van der Waals surface area contributed by atoms with E-state index in [2.05, 4.69) is 0 Å². The lowest BCUT2D eigenvalue weighted by Crippen LogP contribution is -2.58. The Labute approximate surface area is 211 Å². The van der Waals surface area contributed by atoms with Crippen molar-refractivity contribution in [3.05, 3.63) is 77.1 Å². The molecule has 0 radical (unpaired) electrons. The summed E-state index contributed by atoms with van der Waals surface area (Å²) >= 11 is 0. The van der Waals surface area contributed by atoms with Crippen LogP contribution in [0, 0.1) is 0 Å². The third kappa shape index (κ3) is 5.03. The fourth-order valence-corrected chi connectivity index (χ4v) is 4.16. The number of esters is 1. The van der Waals surface area contributed by atoms with Crippen LogP contribution in [-0.2, 0) is 23.7 Å². The minimum atomic E-state index is -1.08. The first kappa shape index (κ1) is 25.5. The van der Waals surface area contributed by atoms with Gasteiger partial charge in [0.05, 0.1) is 20.5 Å². The van der Waals surface area contributed by atoms with Crippen molar-refractivity contribution in [2.75, 3.05) is 20.8 Å². The Bertz CT molecular complexity index is 1220. The van der Waals surface area contributed by atoms with E-state index < -0.39 is 23.6 Å². The Morgan fingerprint density at radius 1 is 1.03 bits per heavy atom. The lowest BCUT2D eigenvalue weighted by Gasteiger charge is -2.40. The van der Waals surface area contributed by atoms with Gasteiger partial charge in [0.15, 0.2) is 24.4 Å². The van der Waals surface area contributed by atoms with Crippen LogP contribution in [0.4, 0.5) is 0 Å². The molecule has 7 nitrogen and oxygen atoms in total. The van der Waals surface area contributed by atoms with Crippen LogP contribution in [0.5, 0.6) is 11.5 Å². The van der Waals surface area contributed by atoms with Gasteiger partial charge in [0, 0.05) is 0 Å². The molecule has 2 aromatic carbocycles. The van der Waals surface area contributed by atoms with Crippen molar-refractivity contribution in [2.24, 2.45) is 0 Å². The van der Waals surface area contributed by atoms with Crippen molar-refractivity contribution in [3.63, 3.8) is 0 Å². The Hall–Kier alpha value is -3.55. The van der Waals surface area contributed by atoms with Crippen LogP contribution < -0.4 is 9.47 Å². The third-order valence-electron chi connectivity index (χ3n) is 6.11. The second-order valence-corrected chi connectivity index (χ2v) is 9.39. The van der Waals surface area contributed by atoms with Crippen molar-refractivity contribution in [3.8, 4) is 11.5 Å². The summed E-state index contributed by atoms with van der Waals surface area (Å²) in [6.07, 6.45) is 6.66. The normalized spacial score (nSPS) is 22.5. The van der Waals surface area contributed by atoms with Crippen LogP contribution >= 0.6 is 0 Å². The number of carbonyl (C=O) groups excluding carboxylic acids is 1. The molecule has 1 spiro atoms. The number of fused-ring (bicyclic) bond motifs is 1. The number of hydrogen-bond donors (Lipinski definition) is 0. The van der Waals surface area contributed by atoms with E-state index in [1.165, 1.54) is 20.5 Å². The zero-order valence-electron chi connectivity index (χ0n) is 21.5. The summed E-state index contributed by atoms with van der Waals surface area (Å²) in [5.41, 5.74) is 3.10. The second-order valence-electron chi connectivity index (χ2n) is 9.39. The third-order valence-corrected chi connectivity index (χ3v) is 6.11. The summed E-state index contributed by atoms with van der Waals surface area (Å²) in [6, 6.07) is 13.2. The number of carbonyl (C=O) groups is 1. The summed E-state index contributed by atoms with van der Waals surface area (Å²) in [5.74, 6) is -0.346. The smallest absolute Gasteiger partial charge is 0.341 e. The van der Waals surface area contributed by atoms with E-state index >= 15 is 0 Å². The molecular formula is C29H32O7. The summed E-state index contributed by atoms with van der Waals surface area (Å²) in [5, 5.41) is 0. The van der Waals surface area contributed by atoms with Crippen molar-refractivity contribution < 1.29 is 33.2 Å². The molecular weight excluding hydrogens is 460 g/mol. The van der Waals surface area contributed by atoms with E-state index in [0.29, 0.717) is 22.6 Å². The number of ether oxygens (including phenoxy) is 6. The Morgan fingerprint density at radius 3 is 2.53 bits per heavy atom. The van der Waals surface area contributed by atoms with Crippen molar-refractivity contribution in [1.82, 2.24) is 0 Å². The zero-order chi connectivity index (χ0) is 25.9. The Morgan fingerprint density at radius 2 is 1.81 bits per heavy atom. The zero-order valence-corrected chi connectivity index (χ0v) is 21.5. The van der Waals surface area contributed by atoms with Crippen LogP contribution in [0.15, 0.2) is 60.4 Å². The largest absolute Gasteiger partial charge is 0.503 e. The molecule has 2 aliphatic heterocycles. The van der Waals surface area contributed by atoms with Gasteiger partial charge in [-0.25, -0.2) is 4.79 Å². The van der Waals surface area contributed by atoms with Gasteiger partial charge in [-0.2, -0.15) is 0 Å². The summed E-state index contributed by atoms with van der Waals surface area (Å²) < 4.78 is 34.8. The Balaban J connectivity index is 1.62. The molecule has 2 aromatic rings. The molecule has 1 saturated heterocycles. The van der Waals surface area contributed by atoms with Gasteiger partial charge in [-0.1, -0.05) is 48.1 Å². The van der Waals surface area contributed by atoms with Gasteiger partial charge in [0.1, 0.15) is 11.2 Å². The molecule has 0 unspecified atom stereocenters. The van der Waals surface area contributed by atoms with E-state index in [1.54, 1.807) is 0 Å². The maximum atomic E-state index is 12.3. The number of hydrogen-bond acceptors (Lipinski definition) is 7. The van der Waals surface area contributed by atoms with Gasteiger partial charge in [0.25, 0.3) is 5.79 Å². The minimum Gasteiger partial charge on any atom is -0.503 e. The first-order chi connectivity index (χ1) is 17.2. The molecule has 0 aliphatic carbocycles. The maximum absolute atomic E-state index is 12.3. The lowest BCUT2D eigenvalue weighted by atomic mass is 9.97. The van der Waals surface area contributed by atoms with E-state index in [0.717, 1.165) is 16.7 Å². The predicted molar refractivity (Wildman–Crippen MR) is 137 cm³/mol.